The van der Waals surface area contributed by atoms with Gasteiger partial charge >= 0.3 is 7.12 Å². The minimum atomic E-state index is -0.465. The summed E-state index contributed by atoms with van der Waals surface area (Å²) in [6.45, 7) is 13.6. The summed E-state index contributed by atoms with van der Waals surface area (Å²) in [5.74, 6) is 6.63. The second-order valence-corrected chi connectivity index (χ2v) is 8.81. The molecule has 29 heavy (non-hydrogen) atoms. The molecule has 1 heterocycles. The highest BCUT2D eigenvalue weighted by atomic mass is 16.7. The van der Waals surface area contributed by atoms with Crippen LogP contribution in [0.25, 0.3) is 0 Å². The highest BCUT2D eigenvalue weighted by Gasteiger charge is 2.47. The third kappa shape index (κ3) is 6.78. The van der Waals surface area contributed by atoms with Gasteiger partial charge in [0.25, 0.3) is 0 Å². The zero-order valence-corrected chi connectivity index (χ0v) is 19.1. The van der Waals surface area contributed by atoms with E-state index in [0.29, 0.717) is 19.0 Å². The van der Waals surface area contributed by atoms with Gasteiger partial charge in [-0.25, -0.2) is 0 Å². The Balaban J connectivity index is 0.000000521. The second-order valence-electron chi connectivity index (χ2n) is 8.81. The summed E-state index contributed by atoms with van der Waals surface area (Å²) in [5, 5.41) is 0. The van der Waals surface area contributed by atoms with Crippen LogP contribution < -0.4 is 10.2 Å². The van der Waals surface area contributed by atoms with Gasteiger partial charge in [0.2, 0.25) is 0 Å². The lowest BCUT2D eigenvalue weighted by Gasteiger charge is -2.47. The Labute approximate surface area is 177 Å². The van der Waals surface area contributed by atoms with Crippen LogP contribution in [0.15, 0.2) is 18.2 Å². The van der Waals surface area contributed by atoms with Gasteiger partial charge in [-0.2, -0.15) is 0 Å². The highest BCUT2D eigenvalue weighted by Crippen LogP contribution is 2.38. The van der Waals surface area contributed by atoms with E-state index >= 15 is 0 Å². The Hall–Kier alpha value is -1.48. The lowest BCUT2D eigenvalue weighted by Crippen LogP contribution is -2.58. The zero-order chi connectivity index (χ0) is 21.3. The van der Waals surface area contributed by atoms with Crippen molar-refractivity contribution in [2.45, 2.75) is 79.2 Å². The molecule has 1 aromatic carbocycles. The maximum atomic E-state index is 6.24. The van der Waals surface area contributed by atoms with Crippen LogP contribution in [-0.2, 0) is 14.0 Å². The van der Waals surface area contributed by atoms with Gasteiger partial charge in [-0.15, -0.1) is 5.92 Å². The Bertz CT molecular complexity index is 691. The van der Waals surface area contributed by atoms with Crippen LogP contribution in [-0.4, -0.2) is 32.7 Å². The summed E-state index contributed by atoms with van der Waals surface area (Å²) >= 11 is 0. The fraction of sp³-hybridized carbons (Fsp3) is 0.667. The summed E-state index contributed by atoms with van der Waals surface area (Å²) in [6.07, 6.45) is 7.50. The molecule has 1 saturated heterocycles. The molecule has 1 aliphatic heterocycles. The van der Waals surface area contributed by atoms with Crippen LogP contribution in [0.4, 0.5) is 0 Å². The van der Waals surface area contributed by atoms with E-state index in [2.05, 4.69) is 39.5 Å². The largest absolute Gasteiger partial charge is 0.498 e. The van der Waals surface area contributed by atoms with Crippen molar-refractivity contribution in [2.24, 2.45) is 5.41 Å². The van der Waals surface area contributed by atoms with Crippen LogP contribution in [0.5, 0.6) is 5.75 Å². The molecule has 3 rings (SSSR count). The molecular formula is C24H37BO4. The highest BCUT2D eigenvalue weighted by molar-refractivity contribution is 6.62. The van der Waals surface area contributed by atoms with Crippen LogP contribution in [0.1, 0.15) is 79.2 Å². The molecule has 0 bridgehead atoms. The van der Waals surface area contributed by atoms with Crippen molar-refractivity contribution in [3.63, 3.8) is 0 Å². The van der Waals surface area contributed by atoms with Crippen molar-refractivity contribution >= 4 is 12.6 Å². The van der Waals surface area contributed by atoms with E-state index in [0.717, 1.165) is 11.0 Å². The molecule has 0 aromatic heterocycles. The smallest absolute Gasteiger partial charge is 0.468 e. The number of benzene rings is 1. The summed E-state index contributed by atoms with van der Waals surface area (Å²) < 4.78 is 23.3. The van der Waals surface area contributed by atoms with E-state index in [1.807, 2.05) is 32.0 Å². The first-order chi connectivity index (χ1) is 13.8. The van der Waals surface area contributed by atoms with Gasteiger partial charge in [0, 0.05) is 29.7 Å². The Kier molecular flexibility index (Phi) is 9.08. The quantitative estimate of drug-likeness (QED) is 0.304. The molecule has 4 nitrogen and oxygen atoms in total. The monoisotopic (exact) mass is 400 g/mol. The summed E-state index contributed by atoms with van der Waals surface area (Å²) in [4.78, 5) is 0. The summed E-state index contributed by atoms with van der Waals surface area (Å²) in [7, 11) is -0.465. The van der Waals surface area contributed by atoms with E-state index in [9.17, 15) is 0 Å². The van der Waals surface area contributed by atoms with Crippen molar-refractivity contribution in [2.75, 3.05) is 20.0 Å². The predicted molar refractivity (Wildman–Crippen MR) is 119 cm³/mol. The molecule has 1 saturated carbocycles. The first-order valence-corrected chi connectivity index (χ1v) is 10.9. The number of ether oxygens (including phenoxy) is 2. The molecule has 2 aliphatic rings. The van der Waals surface area contributed by atoms with Crippen LogP contribution in [0.2, 0.25) is 0 Å². The molecule has 2 fully saturated rings. The first kappa shape index (κ1) is 23.8. The molecule has 0 atom stereocenters. The predicted octanol–water partition coefficient (Wildman–Crippen LogP) is 4.93. The number of hydrogen-bond donors (Lipinski definition) is 0. The van der Waals surface area contributed by atoms with E-state index in [-0.39, 0.29) is 17.8 Å². The molecule has 0 radical (unpaired) electrons. The van der Waals surface area contributed by atoms with Gasteiger partial charge < -0.3 is 18.8 Å². The van der Waals surface area contributed by atoms with E-state index < -0.39 is 7.12 Å². The molecule has 0 spiro atoms. The van der Waals surface area contributed by atoms with Gasteiger partial charge in [-0.1, -0.05) is 57.9 Å². The molecule has 0 unspecified atom stereocenters. The molecule has 5 heteroatoms. The molecule has 160 valence electrons. The van der Waals surface area contributed by atoms with Gasteiger partial charge in [-0.3, -0.25) is 0 Å². The minimum Gasteiger partial charge on any atom is -0.468 e. The van der Waals surface area contributed by atoms with Crippen molar-refractivity contribution in [1.82, 2.24) is 0 Å². The van der Waals surface area contributed by atoms with E-state index in [1.165, 1.54) is 32.1 Å². The van der Waals surface area contributed by atoms with Gasteiger partial charge in [0.15, 0.2) is 6.79 Å². The van der Waals surface area contributed by atoms with Crippen molar-refractivity contribution in [3.8, 4) is 17.6 Å². The molecule has 1 aliphatic carbocycles. The van der Waals surface area contributed by atoms with Gasteiger partial charge in [0.1, 0.15) is 5.75 Å². The summed E-state index contributed by atoms with van der Waals surface area (Å²) in [6, 6.07) is 5.82. The van der Waals surface area contributed by atoms with E-state index in [4.69, 9.17) is 18.8 Å². The first-order valence-electron chi connectivity index (χ1n) is 10.9. The topological polar surface area (TPSA) is 36.9 Å². The lowest BCUT2D eigenvalue weighted by atomic mass is 9.68. The standard InChI is InChI=1S/C19H27BO4.C5H10/c1-7-9-15-10-11-16(17(12-15)22-14-21-8-2)20-23-13-18(3,4)19(5,6)24-20;1-2-4-5-3-1/h10-12H,8,13-14H2,1-6H3;1-5H2. The van der Waals surface area contributed by atoms with Crippen molar-refractivity contribution < 1.29 is 18.8 Å². The fourth-order valence-corrected chi connectivity index (χ4v) is 3.22. The summed E-state index contributed by atoms with van der Waals surface area (Å²) in [5.41, 5.74) is 1.38. The van der Waals surface area contributed by atoms with Gasteiger partial charge in [0.05, 0.1) is 5.60 Å². The maximum Gasteiger partial charge on any atom is 0.498 e. The van der Waals surface area contributed by atoms with Gasteiger partial charge in [-0.05, 0) is 39.8 Å². The average molecular weight is 400 g/mol. The molecule has 1 aromatic rings. The Morgan fingerprint density at radius 1 is 1.07 bits per heavy atom. The van der Waals surface area contributed by atoms with Crippen LogP contribution >= 0.6 is 0 Å². The Morgan fingerprint density at radius 3 is 2.28 bits per heavy atom. The normalized spacial score (nSPS) is 19.6. The SMILES string of the molecule is C1CCCC1.CC#Cc1ccc(B2OCC(C)(C)C(C)(C)O2)c(OCOCC)c1. The van der Waals surface area contributed by atoms with Crippen molar-refractivity contribution in [1.29, 1.82) is 0 Å². The lowest BCUT2D eigenvalue weighted by molar-refractivity contribution is -0.0939. The van der Waals surface area contributed by atoms with Crippen LogP contribution in [0.3, 0.4) is 0 Å². The van der Waals surface area contributed by atoms with Crippen molar-refractivity contribution in [3.05, 3.63) is 23.8 Å². The van der Waals surface area contributed by atoms with E-state index in [1.54, 1.807) is 0 Å². The number of hydrogen-bond acceptors (Lipinski definition) is 4. The Morgan fingerprint density at radius 2 is 1.72 bits per heavy atom. The maximum absolute atomic E-state index is 6.24. The third-order valence-corrected chi connectivity index (χ3v) is 5.92. The van der Waals surface area contributed by atoms with Crippen LogP contribution in [0, 0.1) is 17.3 Å². The average Bonchev–Trinajstić information content (AvgIpc) is 3.25. The molecule has 0 N–H and O–H groups in total. The molecule has 0 amide bonds. The molecular weight excluding hydrogens is 363 g/mol. The fourth-order valence-electron chi connectivity index (χ4n) is 3.22. The number of rotatable bonds is 5. The second kappa shape index (κ2) is 11.1. The minimum absolute atomic E-state index is 0.0660. The zero-order valence-electron chi connectivity index (χ0n) is 19.1. The third-order valence-electron chi connectivity index (χ3n) is 5.92.